The number of hydrazine groups is 1. The highest BCUT2D eigenvalue weighted by molar-refractivity contribution is 5.85. The molecule has 1 aliphatic carbocycles. The van der Waals surface area contributed by atoms with Crippen molar-refractivity contribution in [3.8, 4) is 0 Å². The summed E-state index contributed by atoms with van der Waals surface area (Å²) in [4.78, 5) is 10.7. The number of nitrogens with one attached hydrogen (secondary N) is 1. The summed E-state index contributed by atoms with van der Waals surface area (Å²) in [6.45, 7) is 2.14. The highest BCUT2D eigenvalue weighted by atomic mass is 35.5. The standard InChI is InChI=1S/C6H12N2O.ClH/c1-4-2-5(3-4)6(9)8-7;/h4-5H,2-3,7H2,1H3,(H,8,9);1H. The molecule has 1 aliphatic rings. The Morgan fingerprint density at radius 1 is 1.60 bits per heavy atom. The minimum atomic E-state index is -0.00639. The molecule has 0 spiro atoms. The molecule has 3 nitrogen and oxygen atoms in total. The van der Waals surface area contributed by atoms with E-state index in [1.807, 2.05) is 0 Å². The van der Waals surface area contributed by atoms with E-state index in [1.54, 1.807) is 0 Å². The summed E-state index contributed by atoms with van der Waals surface area (Å²) < 4.78 is 0. The van der Waals surface area contributed by atoms with Gasteiger partial charge in [0.2, 0.25) is 5.91 Å². The zero-order chi connectivity index (χ0) is 6.85. The van der Waals surface area contributed by atoms with Gasteiger partial charge in [0.25, 0.3) is 0 Å². The van der Waals surface area contributed by atoms with Crippen LogP contribution in [0.25, 0.3) is 0 Å². The molecule has 0 bridgehead atoms. The molecule has 10 heavy (non-hydrogen) atoms. The largest absolute Gasteiger partial charge is 0.294 e. The van der Waals surface area contributed by atoms with Gasteiger partial charge in [-0.3, -0.25) is 10.2 Å². The zero-order valence-electron chi connectivity index (χ0n) is 5.96. The van der Waals surface area contributed by atoms with Gasteiger partial charge in [0.05, 0.1) is 0 Å². The molecule has 1 saturated carbocycles. The van der Waals surface area contributed by atoms with Crippen LogP contribution in [0.3, 0.4) is 0 Å². The Balaban J connectivity index is 0.000000810. The van der Waals surface area contributed by atoms with Crippen molar-refractivity contribution in [3.05, 3.63) is 0 Å². The van der Waals surface area contributed by atoms with Crippen molar-refractivity contribution in [2.75, 3.05) is 0 Å². The third-order valence-corrected chi connectivity index (χ3v) is 1.89. The Labute approximate surface area is 66.7 Å². The van der Waals surface area contributed by atoms with Crippen LogP contribution in [0.15, 0.2) is 0 Å². The maximum absolute atomic E-state index is 10.7. The van der Waals surface area contributed by atoms with E-state index in [9.17, 15) is 4.79 Å². The van der Waals surface area contributed by atoms with Crippen LogP contribution in [-0.4, -0.2) is 5.91 Å². The van der Waals surface area contributed by atoms with Crippen molar-refractivity contribution in [1.82, 2.24) is 5.43 Å². The maximum Gasteiger partial charge on any atom is 0.237 e. The van der Waals surface area contributed by atoms with Gasteiger partial charge in [0.1, 0.15) is 0 Å². The Hall–Kier alpha value is -0.280. The molecule has 0 aromatic carbocycles. The van der Waals surface area contributed by atoms with E-state index in [2.05, 4.69) is 12.3 Å². The minimum absolute atomic E-state index is 0. The average Bonchev–Trinajstić information content (AvgIpc) is 1.79. The van der Waals surface area contributed by atoms with Crippen molar-refractivity contribution < 1.29 is 4.79 Å². The fraction of sp³-hybridized carbons (Fsp3) is 0.833. The van der Waals surface area contributed by atoms with Crippen LogP contribution in [0.5, 0.6) is 0 Å². The highest BCUT2D eigenvalue weighted by Crippen LogP contribution is 2.32. The number of hydrogen-bond acceptors (Lipinski definition) is 2. The molecule has 0 radical (unpaired) electrons. The lowest BCUT2D eigenvalue weighted by molar-refractivity contribution is -0.128. The third kappa shape index (κ3) is 1.85. The van der Waals surface area contributed by atoms with Gasteiger partial charge in [0, 0.05) is 5.92 Å². The lowest BCUT2D eigenvalue weighted by atomic mass is 9.76. The van der Waals surface area contributed by atoms with Crippen molar-refractivity contribution in [2.45, 2.75) is 19.8 Å². The Bertz CT molecular complexity index is 123. The molecule has 1 fully saturated rings. The van der Waals surface area contributed by atoms with Crippen LogP contribution in [-0.2, 0) is 4.79 Å². The predicted molar refractivity (Wildman–Crippen MR) is 41.5 cm³/mol. The monoisotopic (exact) mass is 164 g/mol. The van der Waals surface area contributed by atoms with Gasteiger partial charge >= 0.3 is 0 Å². The summed E-state index contributed by atoms with van der Waals surface area (Å²) in [5.74, 6) is 5.84. The summed E-state index contributed by atoms with van der Waals surface area (Å²) >= 11 is 0. The first-order valence-corrected chi connectivity index (χ1v) is 3.24. The smallest absolute Gasteiger partial charge is 0.237 e. The van der Waals surface area contributed by atoms with Gasteiger partial charge in [-0.1, -0.05) is 6.92 Å². The number of halogens is 1. The van der Waals surface area contributed by atoms with Crippen LogP contribution < -0.4 is 11.3 Å². The average molecular weight is 165 g/mol. The van der Waals surface area contributed by atoms with Crippen molar-refractivity contribution in [1.29, 1.82) is 0 Å². The van der Waals surface area contributed by atoms with Crippen LogP contribution in [0, 0.1) is 11.8 Å². The second kappa shape index (κ2) is 3.78. The van der Waals surface area contributed by atoms with Crippen molar-refractivity contribution in [3.63, 3.8) is 0 Å². The highest BCUT2D eigenvalue weighted by Gasteiger charge is 2.30. The van der Waals surface area contributed by atoms with E-state index in [0.29, 0.717) is 5.92 Å². The number of hydrogen-bond donors (Lipinski definition) is 2. The topological polar surface area (TPSA) is 55.1 Å². The molecule has 0 atom stereocenters. The number of amides is 1. The number of carbonyl (C=O) groups excluding carboxylic acids is 1. The molecule has 1 rings (SSSR count). The lowest BCUT2D eigenvalue weighted by Gasteiger charge is -2.30. The van der Waals surface area contributed by atoms with Crippen LogP contribution in [0.2, 0.25) is 0 Å². The first-order valence-electron chi connectivity index (χ1n) is 3.24. The molecule has 3 N–H and O–H groups in total. The molecular formula is C6H13ClN2O. The van der Waals surface area contributed by atoms with E-state index in [-0.39, 0.29) is 24.2 Å². The summed E-state index contributed by atoms with van der Waals surface area (Å²) in [6.07, 6.45) is 2.01. The summed E-state index contributed by atoms with van der Waals surface area (Å²) in [5.41, 5.74) is 2.15. The molecule has 1 amide bonds. The predicted octanol–water partition coefficient (Wildman–Crippen LogP) is 0.444. The van der Waals surface area contributed by atoms with Gasteiger partial charge in [-0.15, -0.1) is 12.4 Å². The van der Waals surface area contributed by atoms with Gasteiger partial charge in [-0.2, -0.15) is 0 Å². The molecule has 0 aliphatic heterocycles. The molecule has 0 heterocycles. The second-order valence-electron chi connectivity index (χ2n) is 2.78. The molecule has 4 heteroatoms. The van der Waals surface area contributed by atoms with E-state index in [1.165, 1.54) is 0 Å². The summed E-state index contributed by atoms with van der Waals surface area (Å²) in [6, 6.07) is 0. The van der Waals surface area contributed by atoms with E-state index < -0.39 is 0 Å². The van der Waals surface area contributed by atoms with Crippen LogP contribution in [0.1, 0.15) is 19.8 Å². The number of nitrogens with two attached hydrogens (primary N) is 1. The number of carbonyl (C=O) groups is 1. The van der Waals surface area contributed by atoms with Gasteiger partial charge in [0.15, 0.2) is 0 Å². The van der Waals surface area contributed by atoms with E-state index >= 15 is 0 Å². The maximum atomic E-state index is 10.7. The van der Waals surface area contributed by atoms with E-state index in [4.69, 9.17) is 5.84 Å². The molecular weight excluding hydrogens is 152 g/mol. The lowest BCUT2D eigenvalue weighted by Crippen LogP contribution is -2.41. The Morgan fingerprint density at radius 3 is 2.40 bits per heavy atom. The fourth-order valence-corrected chi connectivity index (χ4v) is 1.23. The van der Waals surface area contributed by atoms with Crippen LogP contribution in [0.4, 0.5) is 0 Å². The molecule has 0 saturated heterocycles. The van der Waals surface area contributed by atoms with Crippen LogP contribution >= 0.6 is 12.4 Å². The molecule has 0 aromatic rings. The molecule has 0 unspecified atom stereocenters. The van der Waals surface area contributed by atoms with Gasteiger partial charge in [-0.05, 0) is 18.8 Å². The first-order chi connectivity index (χ1) is 4.24. The quantitative estimate of drug-likeness (QED) is 0.336. The Kier molecular flexibility index (Phi) is 3.68. The first kappa shape index (κ1) is 9.72. The van der Waals surface area contributed by atoms with Gasteiger partial charge in [-0.25, -0.2) is 5.84 Å². The minimum Gasteiger partial charge on any atom is -0.294 e. The molecule has 60 valence electrons. The Morgan fingerprint density at radius 2 is 2.10 bits per heavy atom. The summed E-state index contributed by atoms with van der Waals surface area (Å²) in [7, 11) is 0. The van der Waals surface area contributed by atoms with Gasteiger partial charge < -0.3 is 0 Å². The fourth-order valence-electron chi connectivity index (χ4n) is 1.23. The normalized spacial score (nSPS) is 29.8. The van der Waals surface area contributed by atoms with Crippen molar-refractivity contribution >= 4 is 18.3 Å². The summed E-state index contributed by atoms with van der Waals surface area (Å²) in [5, 5.41) is 0. The second-order valence-corrected chi connectivity index (χ2v) is 2.78. The SMILES string of the molecule is CC1CC(C(=O)NN)C1.Cl. The van der Waals surface area contributed by atoms with Crippen molar-refractivity contribution in [2.24, 2.45) is 17.7 Å². The third-order valence-electron chi connectivity index (χ3n) is 1.89. The zero-order valence-corrected chi connectivity index (χ0v) is 6.78. The van der Waals surface area contributed by atoms with E-state index in [0.717, 1.165) is 12.8 Å². The number of rotatable bonds is 1. The molecule has 0 aromatic heterocycles.